The average molecular weight is 400 g/mol. The monoisotopic (exact) mass is 399 g/mol. The van der Waals surface area contributed by atoms with Gasteiger partial charge < -0.3 is 9.88 Å². The second-order valence-electron chi connectivity index (χ2n) is 7.20. The second kappa shape index (κ2) is 7.62. The number of carbonyl (C=O) groups excluding carboxylic acids is 1. The molecule has 1 aliphatic rings. The Hall–Kier alpha value is -1.89. The zero-order chi connectivity index (χ0) is 19.0. The number of carbonyl (C=O) groups is 1. The molecular weight excluding hydrogens is 374 g/mol. The molecule has 1 unspecified atom stereocenters. The summed E-state index contributed by atoms with van der Waals surface area (Å²) >= 11 is 3.54. The van der Waals surface area contributed by atoms with E-state index in [2.05, 4.69) is 35.5 Å². The van der Waals surface area contributed by atoms with Crippen LogP contribution in [0.1, 0.15) is 38.2 Å². The summed E-state index contributed by atoms with van der Waals surface area (Å²) in [5.74, 6) is 0.0284. The third-order valence-corrected chi connectivity index (χ3v) is 7.69. The van der Waals surface area contributed by atoms with Gasteiger partial charge in [0.25, 0.3) is 5.91 Å². The highest BCUT2D eigenvalue weighted by molar-refractivity contribution is 7.15. The summed E-state index contributed by atoms with van der Waals surface area (Å²) in [6.07, 6.45) is 5.11. The minimum atomic E-state index is 0.0284. The lowest BCUT2D eigenvalue weighted by Crippen LogP contribution is -2.44. The van der Waals surface area contributed by atoms with Crippen LogP contribution in [0.4, 0.5) is 0 Å². The number of nitrogens with zero attached hydrogens (tertiary/aromatic N) is 2. The molecule has 3 aromatic rings. The fraction of sp³-hybridized carbons (Fsp3) is 0.381. The molecule has 142 valence electrons. The van der Waals surface area contributed by atoms with Crippen molar-refractivity contribution in [3.05, 3.63) is 62.4 Å². The lowest BCUT2D eigenvalue weighted by molar-refractivity contribution is 0.0932. The SMILES string of the molecule is Cc1sc(-n2cccc2)c(C(=O)NCC(C)N2CCc3sccc3C2)c1C. The fourth-order valence-corrected chi connectivity index (χ4v) is 5.64. The van der Waals surface area contributed by atoms with E-state index in [0.717, 1.165) is 35.6 Å². The van der Waals surface area contributed by atoms with Crippen molar-refractivity contribution in [3.63, 3.8) is 0 Å². The van der Waals surface area contributed by atoms with Gasteiger partial charge in [0.05, 0.1) is 5.56 Å². The van der Waals surface area contributed by atoms with E-state index < -0.39 is 0 Å². The normalized spacial score (nSPS) is 15.5. The van der Waals surface area contributed by atoms with E-state index in [9.17, 15) is 4.79 Å². The maximum absolute atomic E-state index is 13.0. The first-order chi connectivity index (χ1) is 13.0. The van der Waals surface area contributed by atoms with Gasteiger partial charge in [-0.25, -0.2) is 0 Å². The summed E-state index contributed by atoms with van der Waals surface area (Å²) in [5.41, 5.74) is 3.33. The Morgan fingerprint density at radius 1 is 1.30 bits per heavy atom. The molecule has 1 amide bonds. The van der Waals surface area contributed by atoms with Crippen molar-refractivity contribution in [3.8, 4) is 5.00 Å². The van der Waals surface area contributed by atoms with Crippen LogP contribution in [-0.2, 0) is 13.0 Å². The zero-order valence-electron chi connectivity index (χ0n) is 16.0. The number of thiophene rings is 2. The van der Waals surface area contributed by atoms with E-state index >= 15 is 0 Å². The summed E-state index contributed by atoms with van der Waals surface area (Å²) in [6.45, 7) is 9.04. The van der Waals surface area contributed by atoms with Crippen LogP contribution in [0.3, 0.4) is 0 Å². The van der Waals surface area contributed by atoms with Crippen molar-refractivity contribution in [2.45, 2.75) is 39.8 Å². The van der Waals surface area contributed by atoms with Crippen LogP contribution in [0.15, 0.2) is 36.0 Å². The third kappa shape index (κ3) is 3.61. The molecule has 0 saturated heterocycles. The number of nitrogens with one attached hydrogen (secondary N) is 1. The highest BCUT2D eigenvalue weighted by Gasteiger charge is 2.24. The molecule has 4 heterocycles. The van der Waals surface area contributed by atoms with E-state index in [-0.39, 0.29) is 5.91 Å². The first kappa shape index (κ1) is 18.5. The average Bonchev–Trinajstić information content (AvgIpc) is 3.40. The molecule has 1 aliphatic heterocycles. The first-order valence-corrected chi connectivity index (χ1v) is 11.0. The van der Waals surface area contributed by atoms with Crippen LogP contribution in [0.5, 0.6) is 0 Å². The summed E-state index contributed by atoms with van der Waals surface area (Å²) in [4.78, 5) is 18.2. The lowest BCUT2D eigenvalue weighted by Gasteiger charge is -2.32. The van der Waals surface area contributed by atoms with E-state index in [1.807, 2.05) is 47.4 Å². The molecule has 0 aliphatic carbocycles. The number of rotatable bonds is 5. The quantitative estimate of drug-likeness (QED) is 0.691. The number of amides is 1. The van der Waals surface area contributed by atoms with Crippen LogP contribution in [0.25, 0.3) is 5.00 Å². The molecule has 0 saturated carbocycles. The van der Waals surface area contributed by atoms with Gasteiger partial charge in [-0.3, -0.25) is 9.69 Å². The predicted molar refractivity (Wildman–Crippen MR) is 113 cm³/mol. The summed E-state index contributed by atoms with van der Waals surface area (Å²) < 4.78 is 2.03. The van der Waals surface area contributed by atoms with Crippen LogP contribution < -0.4 is 5.32 Å². The predicted octanol–water partition coefficient (Wildman–Crippen LogP) is 4.39. The zero-order valence-corrected chi connectivity index (χ0v) is 17.6. The van der Waals surface area contributed by atoms with E-state index in [4.69, 9.17) is 0 Å². The lowest BCUT2D eigenvalue weighted by atomic mass is 10.1. The molecule has 6 heteroatoms. The number of hydrogen-bond acceptors (Lipinski definition) is 4. The molecule has 0 spiro atoms. The van der Waals surface area contributed by atoms with Crippen LogP contribution in [-0.4, -0.2) is 34.5 Å². The summed E-state index contributed by atoms with van der Waals surface area (Å²) in [7, 11) is 0. The fourth-order valence-electron chi connectivity index (χ4n) is 3.63. The van der Waals surface area contributed by atoms with Crippen molar-refractivity contribution in [1.82, 2.24) is 14.8 Å². The van der Waals surface area contributed by atoms with Crippen molar-refractivity contribution < 1.29 is 4.79 Å². The van der Waals surface area contributed by atoms with Gasteiger partial charge in [-0.05, 0) is 61.9 Å². The minimum absolute atomic E-state index is 0.0284. The highest BCUT2D eigenvalue weighted by atomic mass is 32.1. The first-order valence-electron chi connectivity index (χ1n) is 9.35. The standard InChI is InChI=1S/C21H25N3OS2/c1-14(24-10-6-18-17(13-24)7-11-26-18)12-22-20(25)19-15(2)16(3)27-21(19)23-8-4-5-9-23/h4-5,7-9,11,14H,6,10,12-13H2,1-3H3,(H,22,25). The Morgan fingerprint density at radius 3 is 2.85 bits per heavy atom. The summed E-state index contributed by atoms with van der Waals surface area (Å²) in [5, 5.41) is 6.37. The number of fused-ring (bicyclic) bond motifs is 1. The minimum Gasteiger partial charge on any atom is -0.350 e. The van der Waals surface area contributed by atoms with Crippen LogP contribution >= 0.6 is 22.7 Å². The van der Waals surface area contributed by atoms with Crippen LogP contribution in [0, 0.1) is 13.8 Å². The Balaban J connectivity index is 1.44. The largest absolute Gasteiger partial charge is 0.350 e. The Bertz CT molecular complexity index is 939. The molecule has 3 aromatic heterocycles. The number of aryl methyl sites for hydroxylation is 1. The van der Waals surface area contributed by atoms with E-state index in [1.54, 1.807) is 11.3 Å². The summed E-state index contributed by atoms with van der Waals surface area (Å²) in [6, 6.07) is 6.53. The molecule has 0 radical (unpaired) electrons. The maximum Gasteiger partial charge on any atom is 0.254 e. The molecule has 27 heavy (non-hydrogen) atoms. The molecule has 0 bridgehead atoms. The van der Waals surface area contributed by atoms with Gasteiger partial charge in [-0.2, -0.15) is 0 Å². The molecule has 4 nitrogen and oxygen atoms in total. The van der Waals surface area contributed by atoms with Crippen molar-refractivity contribution >= 4 is 28.6 Å². The molecule has 0 aromatic carbocycles. The Kier molecular flexibility index (Phi) is 5.21. The third-order valence-electron chi connectivity index (χ3n) is 5.45. The maximum atomic E-state index is 13.0. The van der Waals surface area contributed by atoms with E-state index in [1.165, 1.54) is 15.3 Å². The van der Waals surface area contributed by atoms with Gasteiger partial charge in [-0.1, -0.05) is 0 Å². The van der Waals surface area contributed by atoms with Gasteiger partial charge in [0.2, 0.25) is 0 Å². The van der Waals surface area contributed by atoms with Crippen molar-refractivity contribution in [2.24, 2.45) is 0 Å². The van der Waals surface area contributed by atoms with Gasteiger partial charge in [0.15, 0.2) is 0 Å². The van der Waals surface area contributed by atoms with Gasteiger partial charge in [-0.15, -0.1) is 22.7 Å². The second-order valence-corrected chi connectivity index (χ2v) is 9.41. The molecule has 0 fully saturated rings. The smallest absolute Gasteiger partial charge is 0.254 e. The number of aromatic nitrogens is 1. The van der Waals surface area contributed by atoms with Gasteiger partial charge in [0, 0.05) is 47.8 Å². The number of hydrogen-bond donors (Lipinski definition) is 1. The molecule has 1 N–H and O–H groups in total. The Labute approximate surface area is 168 Å². The van der Waals surface area contributed by atoms with E-state index in [0.29, 0.717) is 12.6 Å². The van der Waals surface area contributed by atoms with Gasteiger partial charge >= 0.3 is 0 Å². The molecule has 4 rings (SSSR count). The van der Waals surface area contributed by atoms with Crippen LogP contribution in [0.2, 0.25) is 0 Å². The topological polar surface area (TPSA) is 37.3 Å². The Morgan fingerprint density at radius 2 is 2.07 bits per heavy atom. The van der Waals surface area contributed by atoms with Gasteiger partial charge in [0.1, 0.15) is 5.00 Å². The van der Waals surface area contributed by atoms with Crippen molar-refractivity contribution in [1.29, 1.82) is 0 Å². The van der Waals surface area contributed by atoms with Crippen molar-refractivity contribution in [2.75, 3.05) is 13.1 Å². The molecule has 1 atom stereocenters. The highest BCUT2D eigenvalue weighted by Crippen LogP contribution is 2.31. The molecular formula is C21H25N3OS2.